The van der Waals surface area contributed by atoms with E-state index in [4.69, 9.17) is 0 Å². The zero-order valence-corrected chi connectivity index (χ0v) is 11.7. The summed E-state index contributed by atoms with van der Waals surface area (Å²) in [6.45, 7) is 4.60. The minimum Gasteiger partial charge on any atom is -0.208 e. The Morgan fingerprint density at radius 1 is 1.32 bits per heavy atom. The molecule has 1 rings (SSSR count). The van der Waals surface area contributed by atoms with E-state index in [9.17, 15) is 21.6 Å². The highest BCUT2D eigenvalue weighted by molar-refractivity contribution is 7.89. The fourth-order valence-corrected chi connectivity index (χ4v) is 3.22. The van der Waals surface area contributed by atoms with E-state index in [1.807, 2.05) is 0 Å². The molecule has 3 nitrogen and oxygen atoms in total. The molecule has 19 heavy (non-hydrogen) atoms. The fraction of sp³-hybridized carbons (Fsp3) is 0.500. The van der Waals surface area contributed by atoms with Crippen LogP contribution >= 0.6 is 0 Å². The van der Waals surface area contributed by atoms with Crippen LogP contribution in [0, 0.1) is 6.92 Å². The number of sulfonamides is 1. The molecule has 108 valence electrons. The predicted octanol–water partition coefficient (Wildman–Crippen LogP) is 3.09. The first-order valence-corrected chi connectivity index (χ1v) is 7.27. The number of halogens is 3. The molecule has 1 unspecified atom stereocenters. The van der Waals surface area contributed by atoms with E-state index in [0.29, 0.717) is 6.42 Å². The molecule has 0 aliphatic rings. The highest BCUT2D eigenvalue weighted by Gasteiger charge is 2.34. The lowest BCUT2D eigenvalue weighted by molar-refractivity contribution is -0.138. The molecule has 0 saturated carbocycles. The molecular formula is C12H16F3NO2S. The normalized spacial score (nSPS) is 14.4. The van der Waals surface area contributed by atoms with Crippen molar-refractivity contribution in [2.45, 2.75) is 44.3 Å². The van der Waals surface area contributed by atoms with E-state index in [2.05, 4.69) is 4.72 Å². The van der Waals surface area contributed by atoms with E-state index >= 15 is 0 Å². The Balaban J connectivity index is 3.30. The predicted molar refractivity (Wildman–Crippen MR) is 66.3 cm³/mol. The molecular weight excluding hydrogens is 279 g/mol. The molecule has 1 aromatic carbocycles. The van der Waals surface area contributed by atoms with Gasteiger partial charge in [0.05, 0.1) is 10.5 Å². The number of rotatable bonds is 4. The van der Waals surface area contributed by atoms with Crippen molar-refractivity contribution in [2.75, 3.05) is 0 Å². The van der Waals surface area contributed by atoms with Crippen LogP contribution in [0.15, 0.2) is 23.1 Å². The van der Waals surface area contributed by atoms with Gasteiger partial charge in [-0.3, -0.25) is 0 Å². The summed E-state index contributed by atoms with van der Waals surface area (Å²) in [5, 5.41) is 0. The van der Waals surface area contributed by atoms with Crippen LogP contribution in [0.1, 0.15) is 31.4 Å². The lowest BCUT2D eigenvalue weighted by Crippen LogP contribution is -2.32. The van der Waals surface area contributed by atoms with Crippen molar-refractivity contribution >= 4 is 10.0 Å². The molecule has 0 heterocycles. The van der Waals surface area contributed by atoms with Crippen molar-refractivity contribution in [1.82, 2.24) is 4.72 Å². The number of nitrogens with one attached hydrogen (secondary N) is 1. The van der Waals surface area contributed by atoms with Gasteiger partial charge in [0.2, 0.25) is 10.0 Å². The maximum Gasteiger partial charge on any atom is 0.416 e. The largest absolute Gasteiger partial charge is 0.416 e. The van der Waals surface area contributed by atoms with E-state index in [1.165, 1.54) is 6.07 Å². The van der Waals surface area contributed by atoms with E-state index in [1.54, 1.807) is 13.8 Å². The Labute approximate surface area is 110 Å². The number of hydrogen-bond donors (Lipinski definition) is 1. The molecule has 1 atom stereocenters. The van der Waals surface area contributed by atoms with Gasteiger partial charge in [0.15, 0.2) is 0 Å². The number of alkyl halides is 3. The number of benzene rings is 1. The summed E-state index contributed by atoms with van der Waals surface area (Å²) in [6.07, 6.45) is -4.01. The van der Waals surface area contributed by atoms with Crippen molar-refractivity contribution < 1.29 is 21.6 Å². The van der Waals surface area contributed by atoms with Gasteiger partial charge in [0.1, 0.15) is 0 Å². The van der Waals surface area contributed by atoms with Crippen molar-refractivity contribution in [3.05, 3.63) is 29.3 Å². The van der Waals surface area contributed by atoms with Crippen molar-refractivity contribution in [3.8, 4) is 0 Å². The summed E-state index contributed by atoms with van der Waals surface area (Å²) in [5.41, 5.74) is -1.22. The van der Waals surface area contributed by atoms with Crippen LogP contribution in [0.25, 0.3) is 0 Å². The van der Waals surface area contributed by atoms with E-state index in [0.717, 1.165) is 19.1 Å². The summed E-state index contributed by atoms with van der Waals surface area (Å²) in [5.74, 6) is 0. The zero-order chi connectivity index (χ0) is 14.8. The summed E-state index contributed by atoms with van der Waals surface area (Å²) in [7, 11) is -3.94. The SMILES string of the molecule is CCC(C)NS(=O)(=O)c1cccc(C(F)(F)F)c1C. The highest BCUT2D eigenvalue weighted by Crippen LogP contribution is 2.34. The van der Waals surface area contributed by atoms with Crippen LogP contribution in [0.5, 0.6) is 0 Å². The fourth-order valence-electron chi connectivity index (χ4n) is 1.62. The van der Waals surface area contributed by atoms with E-state index in [-0.39, 0.29) is 16.5 Å². The second kappa shape index (κ2) is 5.50. The van der Waals surface area contributed by atoms with Gasteiger partial charge in [-0.25, -0.2) is 13.1 Å². The molecule has 1 N–H and O–H groups in total. The molecule has 0 aliphatic carbocycles. The Morgan fingerprint density at radius 3 is 2.37 bits per heavy atom. The lowest BCUT2D eigenvalue weighted by atomic mass is 10.1. The average molecular weight is 295 g/mol. The van der Waals surface area contributed by atoms with Gasteiger partial charge in [-0.1, -0.05) is 13.0 Å². The first kappa shape index (κ1) is 16.0. The monoisotopic (exact) mass is 295 g/mol. The van der Waals surface area contributed by atoms with Crippen LogP contribution in [-0.2, 0) is 16.2 Å². The minimum absolute atomic E-state index is 0.286. The summed E-state index contributed by atoms with van der Waals surface area (Å²) < 4.78 is 64.6. The van der Waals surface area contributed by atoms with Gasteiger partial charge in [-0.05, 0) is 38.0 Å². The highest BCUT2D eigenvalue weighted by atomic mass is 32.2. The molecule has 0 aliphatic heterocycles. The average Bonchev–Trinajstić information content (AvgIpc) is 2.26. The minimum atomic E-state index is -4.56. The van der Waals surface area contributed by atoms with Gasteiger partial charge in [0.25, 0.3) is 0 Å². The zero-order valence-electron chi connectivity index (χ0n) is 10.9. The van der Waals surface area contributed by atoms with E-state index < -0.39 is 21.8 Å². The van der Waals surface area contributed by atoms with Crippen LogP contribution in [0.4, 0.5) is 13.2 Å². The molecule has 0 spiro atoms. The quantitative estimate of drug-likeness (QED) is 0.928. The molecule has 0 amide bonds. The lowest BCUT2D eigenvalue weighted by Gasteiger charge is -2.16. The van der Waals surface area contributed by atoms with Crippen molar-refractivity contribution in [2.24, 2.45) is 0 Å². The third-order valence-electron chi connectivity index (χ3n) is 2.85. The second-order valence-corrected chi connectivity index (χ2v) is 6.04. The topological polar surface area (TPSA) is 46.2 Å². The molecule has 0 fully saturated rings. The second-order valence-electron chi connectivity index (χ2n) is 4.36. The summed E-state index contributed by atoms with van der Waals surface area (Å²) >= 11 is 0. The maximum atomic E-state index is 12.7. The van der Waals surface area contributed by atoms with Gasteiger partial charge >= 0.3 is 6.18 Å². The van der Waals surface area contributed by atoms with Gasteiger partial charge < -0.3 is 0 Å². The van der Waals surface area contributed by atoms with Gasteiger partial charge in [-0.2, -0.15) is 13.2 Å². The standard InChI is InChI=1S/C12H16F3NO2S/c1-4-8(2)16-19(17,18)11-7-5-6-10(9(11)3)12(13,14)15/h5-8,16H,4H2,1-3H3. The Hall–Kier alpha value is -1.08. The third-order valence-corrected chi connectivity index (χ3v) is 4.58. The molecule has 0 radical (unpaired) electrons. The first-order valence-electron chi connectivity index (χ1n) is 5.78. The smallest absolute Gasteiger partial charge is 0.208 e. The van der Waals surface area contributed by atoms with Crippen LogP contribution in [0.3, 0.4) is 0 Å². The summed E-state index contributed by atoms with van der Waals surface area (Å²) in [6, 6.07) is 2.81. The van der Waals surface area contributed by atoms with Crippen LogP contribution in [-0.4, -0.2) is 14.5 Å². The Bertz CT molecular complexity index is 553. The maximum absolute atomic E-state index is 12.7. The molecule has 0 bridgehead atoms. The Morgan fingerprint density at radius 2 is 1.89 bits per heavy atom. The molecule has 0 aromatic heterocycles. The van der Waals surface area contributed by atoms with Gasteiger partial charge in [-0.15, -0.1) is 0 Å². The summed E-state index contributed by atoms with van der Waals surface area (Å²) in [4.78, 5) is -0.331. The number of hydrogen-bond acceptors (Lipinski definition) is 2. The van der Waals surface area contributed by atoms with Gasteiger partial charge in [0, 0.05) is 6.04 Å². The molecule has 7 heteroatoms. The molecule has 1 aromatic rings. The van der Waals surface area contributed by atoms with Crippen molar-refractivity contribution in [3.63, 3.8) is 0 Å². The van der Waals surface area contributed by atoms with Crippen molar-refractivity contribution in [1.29, 1.82) is 0 Å². The molecule has 0 saturated heterocycles. The Kier molecular flexibility index (Phi) is 4.63. The third kappa shape index (κ3) is 3.70. The van der Waals surface area contributed by atoms with Crippen LogP contribution in [0.2, 0.25) is 0 Å². The first-order chi connectivity index (χ1) is 8.59. The van der Waals surface area contributed by atoms with Crippen LogP contribution < -0.4 is 4.72 Å².